The van der Waals surface area contributed by atoms with Crippen molar-refractivity contribution in [2.45, 2.75) is 38.8 Å². The van der Waals surface area contributed by atoms with Crippen LogP contribution in [0.5, 0.6) is 11.5 Å². The molecule has 3 aromatic carbocycles. The summed E-state index contributed by atoms with van der Waals surface area (Å²) >= 11 is 0. The van der Waals surface area contributed by atoms with E-state index in [4.69, 9.17) is 9.47 Å². The standard InChI is InChI=1S/C23H25NO2/c1-14-9-18-17-7-6-16(25-2)11-20(17)22-13-24-8-4-5-15(24)10-19(22)21(18)12-23(14)26-3/h6-7,9,11-12,15H,4-5,8,10,13H2,1-3H3. The molecule has 3 heteroatoms. The summed E-state index contributed by atoms with van der Waals surface area (Å²) in [5, 5.41) is 5.38. The van der Waals surface area contributed by atoms with Crippen molar-refractivity contribution in [2.24, 2.45) is 0 Å². The minimum atomic E-state index is 0.695. The maximum absolute atomic E-state index is 5.65. The van der Waals surface area contributed by atoms with E-state index in [1.165, 1.54) is 57.6 Å². The zero-order valence-electron chi connectivity index (χ0n) is 15.8. The average Bonchev–Trinajstić information content (AvgIpc) is 3.13. The van der Waals surface area contributed by atoms with E-state index >= 15 is 0 Å². The van der Waals surface area contributed by atoms with Crippen LogP contribution < -0.4 is 9.47 Å². The second-order valence-corrected chi connectivity index (χ2v) is 7.71. The molecular formula is C23H25NO2. The van der Waals surface area contributed by atoms with Gasteiger partial charge in [0.05, 0.1) is 14.2 Å². The van der Waals surface area contributed by atoms with Crippen LogP contribution in [0, 0.1) is 6.92 Å². The summed E-state index contributed by atoms with van der Waals surface area (Å²) in [4.78, 5) is 2.67. The molecule has 0 aliphatic carbocycles. The van der Waals surface area contributed by atoms with Gasteiger partial charge in [-0.2, -0.15) is 0 Å². The maximum Gasteiger partial charge on any atom is 0.122 e. The van der Waals surface area contributed by atoms with Gasteiger partial charge in [-0.15, -0.1) is 0 Å². The summed E-state index contributed by atoms with van der Waals surface area (Å²) in [5.41, 5.74) is 4.19. The summed E-state index contributed by atoms with van der Waals surface area (Å²) < 4.78 is 11.2. The van der Waals surface area contributed by atoms with Gasteiger partial charge in [0, 0.05) is 12.6 Å². The molecule has 3 aromatic rings. The van der Waals surface area contributed by atoms with Gasteiger partial charge in [-0.1, -0.05) is 6.07 Å². The molecule has 26 heavy (non-hydrogen) atoms. The van der Waals surface area contributed by atoms with Crippen molar-refractivity contribution >= 4 is 21.5 Å². The van der Waals surface area contributed by atoms with Crippen molar-refractivity contribution in [3.05, 3.63) is 47.0 Å². The van der Waals surface area contributed by atoms with E-state index in [0.29, 0.717) is 6.04 Å². The molecule has 5 rings (SSSR count). The van der Waals surface area contributed by atoms with Crippen molar-refractivity contribution in [2.75, 3.05) is 20.8 Å². The van der Waals surface area contributed by atoms with Gasteiger partial charge in [0.2, 0.25) is 0 Å². The SMILES string of the molecule is COc1ccc2c(c1)c1c(c3cc(OC)c(C)cc32)CC2CCCN2C1. The first-order valence-electron chi connectivity index (χ1n) is 9.53. The zero-order valence-corrected chi connectivity index (χ0v) is 15.8. The third-order valence-electron chi connectivity index (χ3n) is 6.37. The Morgan fingerprint density at radius 2 is 1.77 bits per heavy atom. The van der Waals surface area contributed by atoms with Crippen LogP contribution in [-0.2, 0) is 13.0 Å². The Morgan fingerprint density at radius 1 is 0.923 bits per heavy atom. The van der Waals surface area contributed by atoms with Crippen LogP contribution in [0.4, 0.5) is 0 Å². The number of methoxy groups -OCH3 is 2. The summed E-state index contributed by atoms with van der Waals surface area (Å²) in [7, 11) is 3.52. The van der Waals surface area contributed by atoms with E-state index in [9.17, 15) is 0 Å². The Balaban J connectivity index is 1.89. The van der Waals surface area contributed by atoms with Gasteiger partial charge in [-0.3, -0.25) is 4.90 Å². The van der Waals surface area contributed by atoms with E-state index in [1.54, 1.807) is 14.2 Å². The lowest BCUT2D eigenvalue weighted by atomic mass is 9.84. The van der Waals surface area contributed by atoms with Crippen LogP contribution in [0.1, 0.15) is 29.5 Å². The predicted octanol–water partition coefficient (Wildman–Crippen LogP) is 4.84. The number of benzene rings is 3. The fraction of sp³-hybridized carbons (Fsp3) is 0.391. The Morgan fingerprint density at radius 3 is 2.58 bits per heavy atom. The molecule has 134 valence electrons. The van der Waals surface area contributed by atoms with Crippen LogP contribution in [0.3, 0.4) is 0 Å². The first-order chi connectivity index (χ1) is 12.7. The molecule has 2 aliphatic heterocycles. The molecule has 2 heterocycles. The third kappa shape index (κ3) is 2.23. The van der Waals surface area contributed by atoms with Crippen LogP contribution in [0.2, 0.25) is 0 Å². The number of ether oxygens (including phenoxy) is 2. The maximum atomic E-state index is 5.65. The molecule has 0 bridgehead atoms. The van der Waals surface area contributed by atoms with E-state index in [0.717, 1.165) is 24.5 Å². The number of aryl methyl sites for hydroxylation is 1. The first kappa shape index (κ1) is 16.0. The molecule has 0 saturated carbocycles. The Labute approximate surface area is 154 Å². The second kappa shape index (κ2) is 5.88. The minimum absolute atomic E-state index is 0.695. The highest BCUT2D eigenvalue weighted by Gasteiger charge is 2.32. The summed E-state index contributed by atoms with van der Waals surface area (Å²) in [5.74, 6) is 1.93. The lowest BCUT2D eigenvalue weighted by Gasteiger charge is -2.33. The predicted molar refractivity (Wildman–Crippen MR) is 106 cm³/mol. The second-order valence-electron chi connectivity index (χ2n) is 7.71. The zero-order chi connectivity index (χ0) is 17.8. The number of hydrogen-bond donors (Lipinski definition) is 0. The van der Waals surface area contributed by atoms with Crippen molar-refractivity contribution in [3.63, 3.8) is 0 Å². The van der Waals surface area contributed by atoms with E-state index < -0.39 is 0 Å². The molecular weight excluding hydrogens is 322 g/mol. The topological polar surface area (TPSA) is 21.7 Å². The highest BCUT2D eigenvalue weighted by Crippen LogP contribution is 2.42. The summed E-state index contributed by atoms with van der Waals surface area (Å²) in [6, 6.07) is 11.8. The highest BCUT2D eigenvalue weighted by atomic mass is 16.5. The molecule has 0 N–H and O–H groups in total. The van der Waals surface area contributed by atoms with Crippen molar-refractivity contribution in [3.8, 4) is 11.5 Å². The molecule has 0 amide bonds. The molecule has 0 radical (unpaired) electrons. The summed E-state index contributed by atoms with van der Waals surface area (Å²) in [6.45, 7) is 4.41. The molecule has 0 aromatic heterocycles. The van der Waals surface area contributed by atoms with Gasteiger partial charge in [0.25, 0.3) is 0 Å². The highest BCUT2D eigenvalue weighted by molar-refractivity contribution is 6.12. The van der Waals surface area contributed by atoms with E-state index in [2.05, 4.69) is 42.2 Å². The van der Waals surface area contributed by atoms with Gasteiger partial charge in [-0.05, 0) is 95.2 Å². The Hall–Kier alpha value is -2.26. The van der Waals surface area contributed by atoms with Crippen molar-refractivity contribution in [1.82, 2.24) is 4.90 Å². The molecule has 2 aliphatic rings. The third-order valence-corrected chi connectivity index (χ3v) is 6.37. The largest absolute Gasteiger partial charge is 0.497 e. The molecule has 1 atom stereocenters. The molecule has 1 saturated heterocycles. The normalized spacial score (nSPS) is 19.6. The molecule has 0 spiro atoms. The van der Waals surface area contributed by atoms with E-state index in [1.807, 2.05) is 0 Å². The van der Waals surface area contributed by atoms with Crippen LogP contribution >= 0.6 is 0 Å². The van der Waals surface area contributed by atoms with Crippen LogP contribution in [0.25, 0.3) is 21.5 Å². The number of rotatable bonds is 2. The Bertz CT molecular complexity index is 1020. The summed E-state index contributed by atoms with van der Waals surface area (Å²) in [6.07, 6.45) is 3.78. The number of fused-ring (bicyclic) bond motifs is 7. The fourth-order valence-electron chi connectivity index (χ4n) is 5.03. The average molecular weight is 347 g/mol. The lowest BCUT2D eigenvalue weighted by molar-refractivity contribution is 0.229. The van der Waals surface area contributed by atoms with Crippen molar-refractivity contribution < 1.29 is 9.47 Å². The lowest BCUT2D eigenvalue weighted by Crippen LogP contribution is -2.35. The van der Waals surface area contributed by atoms with E-state index in [-0.39, 0.29) is 0 Å². The van der Waals surface area contributed by atoms with Crippen LogP contribution in [-0.4, -0.2) is 31.7 Å². The van der Waals surface area contributed by atoms with Gasteiger partial charge in [0.15, 0.2) is 0 Å². The Kier molecular flexibility index (Phi) is 3.61. The number of hydrogen-bond acceptors (Lipinski definition) is 3. The number of nitrogens with zero attached hydrogens (tertiary/aromatic N) is 1. The smallest absolute Gasteiger partial charge is 0.122 e. The minimum Gasteiger partial charge on any atom is -0.497 e. The molecule has 3 nitrogen and oxygen atoms in total. The van der Waals surface area contributed by atoms with Crippen LogP contribution in [0.15, 0.2) is 30.3 Å². The first-order valence-corrected chi connectivity index (χ1v) is 9.53. The van der Waals surface area contributed by atoms with Gasteiger partial charge in [0.1, 0.15) is 11.5 Å². The van der Waals surface area contributed by atoms with Gasteiger partial charge < -0.3 is 9.47 Å². The quantitative estimate of drug-likeness (QED) is 0.619. The monoisotopic (exact) mass is 347 g/mol. The van der Waals surface area contributed by atoms with Gasteiger partial charge in [-0.25, -0.2) is 0 Å². The molecule has 1 fully saturated rings. The molecule has 1 unspecified atom stereocenters. The fourth-order valence-corrected chi connectivity index (χ4v) is 5.03. The van der Waals surface area contributed by atoms with Crippen molar-refractivity contribution in [1.29, 1.82) is 0 Å². The van der Waals surface area contributed by atoms with Gasteiger partial charge >= 0.3 is 0 Å².